The standard InChI is InChI=1S/C18H29N5O4/c1-3-4-9-27-17-21-15(19)14-16(22-17)23(18(20-14)24-2)7-10-26-12-13-6-5-8-25-11-13/h13H,3-12H2,1-2H3,(H2,19,21,22). The molecule has 2 aromatic heterocycles. The molecule has 9 nitrogen and oxygen atoms in total. The molecule has 27 heavy (non-hydrogen) atoms. The highest BCUT2D eigenvalue weighted by Gasteiger charge is 2.18. The molecule has 1 aliphatic rings. The van der Waals surface area contributed by atoms with Gasteiger partial charge >= 0.3 is 6.01 Å². The minimum atomic E-state index is 0.262. The number of methoxy groups -OCH3 is 1. The number of imidazole rings is 1. The average molecular weight is 379 g/mol. The first-order chi connectivity index (χ1) is 13.2. The van der Waals surface area contributed by atoms with Crippen LogP contribution in [0.5, 0.6) is 12.0 Å². The topological polar surface area (TPSA) is 107 Å². The highest BCUT2D eigenvalue weighted by atomic mass is 16.5. The van der Waals surface area contributed by atoms with E-state index in [2.05, 4.69) is 21.9 Å². The Hall–Kier alpha value is -2.13. The van der Waals surface area contributed by atoms with Crippen molar-refractivity contribution < 1.29 is 18.9 Å². The summed E-state index contributed by atoms with van der Waals surface area (Å²) in [5.74, 6) is 0.750. The van der Waals surface area contributed by atoms with E-state index >= 15 is 0 Å². The molecule has 9 heteroatoms. The van der Waals surface area contributed by atoms with Crippen LogP contribution in [0.4, 0.5) is 5.82 Å². The maximum absolute atomic E-state index is 6.04. The molecule has 1 aliphatic heterocycles. The Morgan fingerprint density at radius 1 is 1.26 bits per heavy atom. The molecule has 0 spiro atoms. The molecule has 2 N–H and O–H groups in total. The molecule has 3 heterocycles. The molecule has 3 rings (SSSR count). The van der Waals surface area contributed by atoms with Gasteiger partial charge in [-0.2, -0.15) is 15.0 Å². The summed E-state index contributed by atoms with van der Waals surface area (Å²) in [6.07, 6.45) is 4.22. The van der Waals surface area contributed by atoms with E-state index in [9.17, 15) is 0 Å². The third-order valence-corrected chi connectivity index (χ3v) is 4.55. The first-order valence-corrected chi connectivity index (χ1v) is 9.59. The molecule has 0 aromatic carbocycles. The number of ether oxygens (including phenoxy) is 4. The van der Waals surface area contributed by atoms with Crippen LogP contribution in [0, 0.1) is 5.92 Å². The number of aromatic nitrogens is 4. The molecule has 1 saturated heterocycles. The highest BCUT2D eigenvalue weighted by molar-refractivity contribution is 5.83. The number of fused-ring (bicyclic) bond motifs is 1. The third-order valence-electron chi connectivity index (χ3n) is 4.55. The number of hydrogen-bond donors (Lipinski definition) is 1. The Labute approximate surface area is 159 Å². The second kappa shape index (κ2) is 9.70. The number of hydrogen-bond acceptors (Lipinski definition) is 8. The molecule has 0 saturated carbocycles. The lowest BCUT2D eigenvalue weighted by atomic mass is 10.0. The number of nitrogen functional groups attached to an aromatic ring is 1. The summed E-state index contributed by atoms with van der Waals surface area (Å²) in [6, 6.07) is 0.693. The lowest BCUT2D eigenvalue weighted by Gasteiger charge is -2.21. The van der Waals surface area contributed by atoms with Crippen molar-refractivity contribution in [1.82, 2.24) is 19.5 Å². The molecule has 1 atom stereocenters. The van der Waals surface area contributed by atoms with E-state index < -0.39 is 0 Å². The van der Waals surface area contributed by atoms with Crippen LogP contribution >= 0.6 is 0 Å². The van der Waals surface area contributed by atoms with E-state index in [-0.39, 0.29) is 11.8 Å². The maximum atomic E-state index is 6.04. The SMILES string of the molecule is CCCCOc1nc(N)c2nc(OC)n(CCOCC3CCCOC3)c2n1. The fraction of sp³-hybridized carbons (Fsp3) is 0.722. The zero-order valence-electron chi connectivity index (χ0n) is 16.1. The van der Waals surface area contributed by atoms with Crippen LogP contribution in [0.1, 0.15) is 32.6 Å². The number of unbranched alkanes of at least 4 members (excludes halogenated alkanes) is 1. The van der Waals surface area contributed by atoms with Crippen molar-refractivity contribution in [2.24, 2.45) is 5.92 Å². The fourth-order valence-corrected chi connectivity index (χ4v) is 3.06. The molecular formula is C18H29N5O4. The smallest absolute Gasteiger partial charge is 0.320 e. The summed E-state index contributed by atoms with van der Waals surface area (Å²) in [6.45, 7) is 6.06. The second-order valence-corrected chi connectivity index (χ2v) is 6.67. The summed E-state index contributed by atoms with van der Waals surface area (Å²) < 4.78 is 24.2. The summed E-state index contributed by atoms with van der Waals surface area (Å²) in [5, 5.41) is 0. The predicted octanol–water partition coefficient (Wildman–Crippen LogP) is 2.04. The molecule has 2 aromatic rings. The van der Waals surface area contributed by atoms with Gasteiger partial charge in [0.25, 0.3) is 6.01 Å². The summed E-state index contributed by atoms with van der Waals surface area (Å²) in [4.78, 5) is 13.1. The summed E-state index contributed by atoms with van der Waals surface area (Å²) in [7, 11) is 1.57. The molecule has 0 radical (unpaired) electrons. The Morgan fingerprint density at radius 3 is 2.89 bits per heavy atom. The normalized spacial score (nSPS) is 17.3. The van der Waals surface area contributed by atoms with Gasteiger partial charge in [0.2, 0.25) is 0 Å². The van der Waals surface area contributed by atoms with Gasteiger partial charge in [-0.3, -0.25) is 4.57 Å². The van der Waals surface area contributed by atoms with Crippen molar-refractivity contribution in [1.29, 1.82) is 0 Å². The van der Waals surface area contributed by atoms with Gasteiger partial charge in [-0.15, -0.1) is 0 Å². The van der Waals surface area contributed by atoms with Crippen molar-refractivity contribution in [3.63, 3.8) is 0 Å². The Kier molecular flexibility index (Phi) is 7.05. The Bertz CT molecular complexity index is 730. The van der Waals surface area contributed by atoms with E-state index in [0.717, 1.165) is 38.9 Å². The zero-order chi connectivity index (χ0) is 19.1. The maximum Gasteiger partial charge on any atom is 0.320 e. The van der Waals surface area contributed by atoms with Gasteiger partial charge in [-0.25, -0.2) is 0 Å². The van der Waals surface area contributed by atoms with Crippen LogP contribution in [0.2, 0.25) is 0 Å². The third kappa shape index (κ3) is 4.98. The number of anilines is 1. The molecule has 150 valence electrons. The lowest BCUT2D eigenvalue weighted by Crippen LogP contribution is -2.22. The van der Waals surface area contributed by atoms with Crippen LogP contribution < -0.4 is 15.2 Å². The van der Waals surface area contributed by atoms with Gasteiger partial charge in [-0.05, 0) is 19.3 Å². The van der Waals surface area contributed by atoms with Gasteiger partial charge in [0.05, 0.1) is 40.1 Å². The quantitative estimate of drug-likeness (QED) is 0.625. The Morgan fingerprint density at radius 2 is 2.15 bits per heavy atom. The van der Waals surface area contributed by atoms with Crippen molar-refractivity contribution in [3.8, 4) is 12.0 Å². The second-order valence-electron chi connectivity index (χ2n) is 6.67. The van der Waals surface area contributed by atoms with Gasteiger partial charge in [0.15, 0.2) is 17.0 Å². The summed E-state index contributed by atoms with van der Waals surface area (Å²) in [5.41, 5.74) is 7.15. The minimum absolute atomic E-state index is 0.262. The van der Waals surface area contributed by atoms with Crippen LogP contribution in [-0.2, 0) is 16.0 Å². The van der Waals surface area contributed by atoms with Crippen LogP contribution in [0.25, 0.3) is 11.2 Å². The van der Waals surface area contributed by atoms with Crippen molar-refractivity contribution in [2.75, 3.05) is 45.9 Å². The van der Waals surface area contributed by atoms with E-state index in [0.29, 0.717) is 49.5 Å². The number of nitrogens with two attached hydrogens (primary N) is 1. The molecule has 0 bridgehead atoms. The summed E-state index contributed by atoms with van der Waals surface area (Å²) >= 11 is 0. The van der Waals surface area contributed by atoms with Gasteiger partial charge < -0.3 is 24.7 Å². The van der Waals surface area contributed by atoms with Crippen molar-refractivity contribution in [3.05, 3.63) is 0 Å². The molecule has 1 unspecified atom stereocenters. The van der Waals surface area contributed by atoms with E-state index in [1.807, 2.05) is 4.57 Å². The number of rotatable bonds is 10. The first-order valence-electron chi connectivity index (χ1n) is 9.59. The van der Waals surface area contributed by atoms with Crippen LogP contribution in [0.3, 0.4) is 0 Å². The van der Waals surface area contributed by atoms with Gasteiger partial charge in [-0.1, -0.05) is 13.3 Å². The fourth-order valence-electron chi connectivity index (χ4n) is 3.06. The van der Waals surface area contributed by atoms with E-state index in [4.69, 9.17) is 24.7 Å². The van der Waals surface area contributed by atoms with Crippen molar-refractivity contribution >= 4 is 17.0 Å². The highest BCUT2D eigenvalue weighted by Crippen LogP contribution is 2.25. The largest absolute Gasteiger partial charge is 0.468 e. The monoisotopic (exact) mass is 379 g/mol. The molecule has 0 aliphatic carbocycles. The molecular weight excluding hydrogens is 350 g/mol. The first kappa shape index (κ1) is 19.6. The number of nitrogens with zero attached hydrogens (tertiary/aromatic N) is 4. The zero-order valence-corrected chi connectivity index (χ0v) is 16.1. The molecule has 1 fully saturated rings. The van der Waals surface area contributed by atoms with Gasteiger partial charge in [0, 0.05) is 12.5 Å². The minimum Gasteiger partial charge on any atom is -0.468 e. The van der Waals surface area contributed by atoms with Crippen LogP contribution in [0.15, 0.2) is 0 Å². The predicted molar refractivity (Wildman–Crippen MR) is 101 cm³/mol. The Balaban J connectivity index is 1.68. The lowest BCUT2D eigenvalue weighted by molar-refractivity contribution is 0.00405. The average Bonchev–Trinajstić information content (AvgIpc) is 3.04. The van der Waals surface area contributed by atoms with Gasteiger partial charge in [0.1, 0.15) is 0 Å². The van der Waals surface area contributed by atoms with Crippen LogP contribution in [-0.4, -0.2) is 59.7 Å². The molecule has 0 amide bonds. The van der Waals surface area contributed by atoms with E-state index in [1.54, 1.807) is 7.11 Å². The van der Waals surface area contributed by atoms with E-state index in [1.165, 1.54) is 0 Å². The van der Waals surface area contributed by atoms with Crippen molar-refractivity contribution in [2.45, 2.75) is 39.2 Å².